The van der Waals surface area contributed by atoms with Gasteiger partial charge in [0, 0.05) is 20.2 Å². The van der Waals surface area contributed by atoms with Crippen molar-refractivity contribution < 1.29 is 28.5 Å². The summed E-state index contributed by atoms with van der Waals surface area (Å²) in [7, 11) is 6.27. The molecule has 0 saturated heterocycles. The summed E-state index contributed by atoms with van der Waals surface area (Å²) in [4.78, 5) is 27.5. The molecule has 174 valence electrons. The molecule has 2 aromatic rings. The minimum Gasteiger partial charge on any atom is -0.497 e. The number of amides is 2. The van der Waals surface area contributed by atoms with Gasteiger partial charge in [-0.15, -0.1) is 0 Å². The summed E-state index contributed by atoms with van der Waals surface area (Å²) in [6.07, 6.45) is 0.117. The number of carbonyl (C=O) groups excluding carboxylic acids is 2. The van der Waals surface area contributed by atoms with Crippen molar-refractivity contribution in [2.45, 2.75) is 25.9 Å². The van der Waals surface area contributed by atoms with Gasteiger partial charge in [0.1, 0.15) is 11.8 Å². The maximum Gasteiger partial charge on any atom is 0.242 e. The zero-order valence-electron chi connectivity index (χ0n) is 19.3. The molecule has 2 amide bonds. The predicted octanol–water partition coefficient (Wildman–Crippen LogP) is 2.43. The zero-order valence-corrected chi connectivity index (χ0v) is 19.3. The second-order valence-electron chi connectivity index (χ2n) is 7.20. The highest BCUT2D eigenvalue weighted by Gasteiger charge is 2.26. The lowest BCUT2D eigenvalue weighted by Crippen LogP contribution is -2.48. The first-order valence-corrected chi connectivity index (χ1v) is 10.3. The molecule has 1 unspecified atom stereocenters. The van der Waals surface area contributed by atoms with E-state index in [1.165, 1.54) is 0 Å². The standard InChI is InChI=1S/C24H32N2O6/c1-17(24(28)25-12-13-29-2)26(16-18-6-9-20(30-3)10-7-18)23(27)15-19-8-11-21(31-4)22(14-19)32-5/h6-11,14,17H,12-13,15-16H2,1-5H3,(H,25,28). The second-order valence-corrected chi connectivity index (χ2v) is 7.20. The van der Waals surface area contributed by atoms with Gasteiger partial charge >= 0.3 is 0 Å². The maximum absolute atomic E-state index is 13.3. The number of nitrogens with one attached hydrogen (secondary N) is 1. The molecule has 0 aliphatic carbocycles. The van der Waals surface area contributed by atoms with E-state index in [0.717, 1.165) is 16.9 Å². The van der Waals surface area contributed by atoms with Crippen molar-refractivity contribution in [3.05, 3.63) is 53.6 Å². The van der Waals surface area contributed by atoms with Gasteiger partial charge in [0.05, 0.1) is 34.4 Å². The van der Waals surface area contributed by atoms with Crippen LogP contribution in [0.4, 0.5) is 0 Å². The molecule has 0 aromatic heterocycles. The van der Waals surface area contributed by atoms with E-state index < -0.39 is 6.04 Å². The zero-order chi connectivity index (χ0) is 23.5. The van der Waals surface area contributed by atoms with Crippen LogP contribution in [0.3, 0.4) is 0 Å². The SMILES string of the molecule is COCCNC(=O)C(C)N(Cc1ccc(OC)cc1)C(=O)Cc1ccc(OC)c(OC)c1. The summed E-state index contributed by atoms with van der Waals surface area (Å²) in [5.41, 5.74) is 1.65. The number of ether oxygens (including phenoxy) is 4. The molecule has 2 aromatic carbocycles. The summed E-state index contributed by atoms with van der Waals surface area (Å²) in [6.45, 7) is 2.78. The highest BCUT2D eigenvalue weighted by Crippen LogP contribution is 2.28. The van der Waals surface area contributed by atoms with Crippen LogP contribution in [0.2, 0.25) is 0 Å². The van der Waals surface area contributed by atoms with Gasteiger partial charge in [0.15, 0.2) is 11.5 Å². The van der Waals surface area contributed by atoms with E-state index in [4.69, 9.17) is 18.9 Å². The molecule has 0 radical (unpaired) electrons. The van der Waals surface area contributed by atoms with Crippen LogP contribution in [0, 0.1) is 0 Å². The van der Waals surface area contributed by atoms with Crippen LogP contribution in [0.25, 0.3) is 0 Å². The molecule has 8 nitrogen and oxygen atoms in total. The molecule has 8 heteroatoms. The van der Waals surface area contributed by atoms with Crippen LogP contribution < -0.4 is 19.5 Å². The van der Waals surface area contributed by atoms with Gasteiger partial charge in [-0.2, -0.15) is 0 Å². The van der Waals surface area contributed by atoms with Crippen molar-refractivity contribution in [1.29, 1.82) is 0 Å². The van der Waals surface area contributed by atoms with Crippen LogP contribution in [0.15, 0.2) is 42.5 Å². The largest absolute Gasteiger partial charge is 0.497 e. The normalized spacial score (nSPS) is 11.4. The van der Waals surface area contributed by atoms with E-state index in [-0.39, 0.29) is 24.8 Å². The Morgan fingerprint density at radius 2 is 1.56 bits per heavy atom. The fourth-order valence-corrected chi connectivity index (χ4v) is 3.20. The number of carbonyl (C=O) groups is 2. The molecule has 0 bridgehead atoms. The number of benzene rings is 2. The summed E-state index contributed by atoms with van der Waals surface area (Å²) in [5, 5.41) is 2.81. The van der Waals surface area contributed by atoms with Crippen molar-refractivity contribution in [2.24, 2.45) is 0 Å². The second kappa shape index (κ2) is 12.6. The lowest BCUT2D eigenvalue weighted by molar-refractivity contribution is -0.140. The van der Waals surface area contributed by atoms with Crippen molar-refractivity contribution in [1.82, 2.24) is 10.2 Å². The molecule has 0 aliphatic heterocycles. The number of rotatable bonds is 12. The molecule has 1 N–H and O–H groups in total. The highest BCUT2D eigenvalue weighted by molar-refractivity contribution is 5.88. The van der Waals surface area contributed by atoms with E-state index in [9.17, 15) is 9.59 Å². The monoisotopic (exact) mass is 444 g/mol. The Balaban J connectivity index is 2.23. The third-order valence-electron chi connectivity index (χ3n) is 5.09. The Kier molecular flexibility index (Phi) is 9.81. The maximum atomic E-state index is 13.3. The predicted molar refractivity (Wildman–Crippen MR) is 121 cm³/mol. The van der Waals surface area contributed by atoms with Gasteiger partial charge in [0.2, 0.25) is 11.8 Å². The van der Waals surface area contributed by atoms with Gasteiger partial charge in [0.25, 0.3) is 0 Å². The first kappa shape index (κ1) is 25.0. The minimum atomic E-state index is -0.665. The van der Waals surface area contributed by atoms with Gasteiger partial charge in [-0.1, -0.05) is 18.2 Å². The van der Waals surface area contributed by atoms with E-state index >= 15 is 0 Å². The summed E-state index contributed by atoms with van der Waals surface area (Å²) in [6, 6.07) is 12.1. The third-order valence-corrected chi connectivity index (χ3v) is 5.09. The Labute approximate surface area is 189 Å². The molecule has 32 heavy (non-hydrogen) atoms. The average molecular weight is 445 g/mol. The Bertz CT molecular complexity index is 885. The van der Waals surface area contributed by atoms with E-state index in [1.54, 1.807) is 52.4 Å². The van der Waals surface area contributed by atoms with Crippen LogP contribution in [0.1, 0.15) is 18.1 Å². The summed E-state index contributed by atoms with van der Waals surface area (Å²) >= 11 is 0. The lowest BCUT2D eigenvalue weighted by Gasteiger charge is -2.29. The van der Waals surface area contributed by atoms with Crippen molar-refractivity contribution in [2.75, 3.05) is 41.6 Å². The Morgan fingerprint density at radius 3 is 2.16 bits per heavy atom. The number of hydrogen-bond acceptors (Lipinski definition) is 6. The quantitative estimate of drug-likeness (QED) is 0.506. The van der Waals surface area contributed by atoms with Gasteiger partial charge in [-0.05, 0) is 42.3 Å². The molecular weight excluding hydrogens is 412 g/mol. The first-order valence-electron chi connectivity index (χ1n) is 10.3. The van der Waals surface area contributed by atoms with E-state index in [2.05, 4.69) is 5.32 Å². The first-order chi connectivity index (χ1) is 15.4. The van der Waals surface area contributed by atoms with Gasteiger partial charge in [-0.25, -0.2) is 0 Å². The number of hydrogen-bond donors (Lipinski definition) is 1. The molecule has 0 saturated carbocycles. The molecule has 0 spiro atoms. The lowest BCUT2D eigenvalue weighted by atomic mass is 10.1. The van der Waals surface area contributed by atoms with Crippen molar-refractivity contribution >= 4 is 11.8 Å². The number of nitrogens with zero attached hydrogens (tertiary/aromatic N) is 1. The molecule has 0 heterocycles. The Hall–Kier alpha value is -3.26. The van der Waals surface area contributed by atoms with Crippen LogP contribution in [-0.2, 0) is 27.3 Å². The fraction of sp³-hybridized carbons (Fsp3) is 0.417. The fourth-order valence-electron chi connectivity index (χ4n) is 3.20. The van der Waals surface area contributed by atoms with Crippen molar-refractivity contribution in [3.63, 3.8) is 0 Å². The van der Waals surface area contributed by atoms with E-state index in [1.807, 2.05) is 30.3 Å². The summed E-state index contributed by atoms with van der Waals surface area (Å²) in [5.74, 6) is 1.44. The van der Waals surface area contributed by atoms with Crippen LogP contribution >= 0.6 is 0 Å². The molecule has 0 fully saturated rings. The highest BCUT2D eigenvalue weighted by atomic mass is 16.5. The Morgan fingerprint density at radius 1 is 0.906 bits per heavy atom. The number of methoxy groups -OCH3 is 4. The molecular formula is C24H32N2O6. The van der Waals surface area contributed by atoms with Crippen LogP contribution in [0.5, 0.6) is 17.2 Å². The van der Waals surface area contributed by atoms with Gasteiger partial charge < -0.3 is 29.2 Å². The third kappa shape index (κ3) is 6.88. The molecule has 1 atom stereocenters. The molecule has 2 rings (SSSR count). The summed E-state index contributed by atoms with van der Waals surface area (Å²) < 4.78 is 20.8. The topological polar surface area (TPSA) is 86.3 Å². The average Bonchev–Trinajstić information content (AvgIpc) is 2.82. The minimum absolute atomic E-state index is 0.117. The van der Waals surface area contributed by atoms with Crippen molar-refractivity contribution in [3.8, 4) is 17.2 Å². The molecule has 0 aliphatic rings. The van der Waals surface area contributed by atoms with E-state index in [0.29, 0.717) is 24.7 Å². The van der Waals surface area contributed by atoms with Crippen LogP contribution in [-0.4, -0.2) is 64.3 Å². The van der Waals surface area contributed by atoms with Gasteiger partial charge in [-0.3, -0.25) is 9.59 Å². The smallest absolute Gasteiger partial charge is 0.242 e.